The Bertz CT molecular complexity index is 1060. The minimum absolute atomic E-state index is 0.129. The van der Waals surface area contributed by atoms with Crippen LogP contribution in [0.2, 0.25) is 0 Å². The zero-order valence-electron chi connectivity index (χ0n) is 15.9. The van der Waals surface area contributed by atoms with Crippen LogP contribution in [-0.2, 0) is 11.3 Å². The molecule has 4 atom stereocenters. The van der Waals surface area contributed by atoms with Crippen molar-refractivity contribution in [2.45, 2.75) is 31.1 Å². The van der Waals surface area contributed by atoms with Crippen LogP contribution in [0, 0.1) is 0 Å². The van der Waals surface area contributed by atoms with Crippen LogP contribution in [0.5, 0.6) is 17.2 Å². The van der Waals surface area contributed by atoms with E-state index in [4.69, 9.17) is 9.47 Å². The molecule has 0 radical (unpaired) electrons. The van der Waals surface area contributed by atoms with Gasteiger partial charge in [-0.05, 0) is 12.1 Å². The van der Waals surface area contributed by atoms with E-state index in [2.05, 4.69) is 20.3 Å². The quantitative estimate of drug-likeness (QED) is 0.283. The van der Waals surface area contributed by atoms with Crippen LogP contribution in [-0.4, -0.2) is 77.1 Å². The lowest BCUT2D eigenvalue weighted by molar-refractivity contribution is -0.0511. The first-order valence-electron chi connectivity index (χ1n) is 9.08. The first-order valence-corrected chi connectivity index (χ1v) is 9.08. The molecule has 3 aromatic rings. The molecule has 0 bridgehead atoms. The Kier molecular flexibility index (Phi) is 5.30. The van der Waals surface area contributed by atoms with E-state index in [1.807, 2.05) is 0 Å². The fourth-order valence-corrected chi connectivity index (χ4v) is 3.43. The number of anilines is 1. The van der Waals surface area contributed by atoms with Gasteiger partial charge in [-0.1, -0.05) is 0 Å². The molecule has 6 N–H and O–H groups in total. The number of rotatable bonds is 6. The first-order chi connectivity index (χ1) is 14.5. The van der Waals surface area contributed by atoms with Gasteiger partial charge in [0.05, 0.1) is 20.0 Å². The topological polar surface area (TPSA) is 175 Å². The van der Waals surface area contributed by atoms with E-state index in [1.165, 1.54) is 30.4 Å². The SMILES string of the molecule is COc1c(CNc2ncnc3c2ncn3C2O[C@H](CO)[C@@H](O)[C@H]2O)ccc(O)c1O. The van der Waals surface area contributed by atoms with Gasteiger partial charge >= 0.3 is 0 Å². The number of phenols is 2. The van der Waals surface area contributed by atoms with Crippen LogP contribution in [0.25, 0.3) is 11.2 Å². The fraction of sp³-hybridized carbons (Fsp3) is 0.389. The molecule has 1 saturated heterocycles. The van der Waals surface area contributed by atoms with Gasteiger partial charge < -0.3 is 40.3 Å². The van der Waals surface area contributed by atoms with Gasteiger partial charge in [-0.2, -0.15) is 0 Å². The Balaban J connectivity index is 1.61. The lowest BCUT2D eigenvalue weighted by Gasteiger charge is -2.16. The normalized spacial score (nSPS) is 23.7. The molecular weight excluding hydrogens is 398 g/mol. The summed E-state index contributed by atoms with van der Waals surface area (Å²) in [5.41, 5.74) is 1.31. The van der Waals surface area contributed by atoms with Gasteiger partial charge in [0, 0.05) is 12.1 Å². The maximum atomic E-state index is 10.3. The van der Waals surface area contributed by atoms with E-state index in [9.17, 15) is 25.5 Å². The molecule has 1 unspecified atom stereocenters. The molecule has 0 amide bonds. The Morgan fingerprint density at radius 1 is 1.17 bits per heavy atom. The highest BCUT2D eigenvalue weighted by atomic mass is 16.6. The lowest BCUT2D eigenvalue weighted by atomic mass is 10.1. The van der Waals surface area contributed by atoms with Gasteiger partial charge in [0.1, 0.15) is 24.6 Å². The number of phenolic OH excluding ortho intramolecular Hbond substituents is 2. The minimum Gasteiger partial charge on any atom is -0.504 e. The van der Waals surface area contributed by atoms with E-state index in [0.717, 1.165) is 0 Å². The van der Waals surface area contributed by atoms with Crippen LogP contribution in [0.3, 0.4) is 0 Å². The van der Waals surface area contributed by atoms with E-state index in [0.29, 0.717) is 22.5 Å². The molecule has 12 nitrogen and oxygen atoms in total. The summed E-state index contributed by atoms with van der Waals surface area (Å²) in [5, 5.41) is 52.2. The summed E-state index contributed by atoms with van der Waals surface area (Å²) in [7, 11) is 1.38. The number of aromatic hydroxyl groups is 2. The van der Waals surface area contributed by atoms with Gasteiger partial charge in [0.15, 0.2) is 34.7 Å². The number of aromatic nitrogens is 4. The first kappa shape index (κ1) is 20.1. The molecule has 2 aromatic heterocycles. The van der Waals surface area contributed by atoms with Gasteiger partial charge in [0.2, 0.25) is 5.75 Å². The number of nitrogens with one attached hydrogen (secondary N) is 1. The molecule has 0 aliphatic carbocycles. The van der Waals surface area contributed by atoms with Crippen LogP contribution in [0.1, 0.15) is 11.8 Å². The molecule has 1 aliphatic heterocycles. The van der Waals surface area contributed by atoms with E-state index in [1.54, 1.807) is 6.07 Å². The third kappa shape index (κ3) is 3.25. The highest BCUT2D eigenvalue weighted by Gasteiger charge is 2.44. The number of methoxy groups -OCH3 is 1. The summed E-state index contributed by atoms with van der Waals surface area (Å²) in [6, 6.07) is 2.94. The molecule has 0 spiro atoms. The minimum atomic E-state index is -1.27. The highest BCUT2D eigenvalue weighted by Crippen LogP contribution is 2.38. The smallest absolute Gasteiger partial charge is 0.200 e. The number of imidazole rings is 1. The maximum absolute atomic E-state index is 10.3. The summed E-state index contributed by atoms with van der Waals surface area (Å²) in [6.45, 7) is -0.242. The Morgan fingerprint density at radius 2 is 1.97 bits per heavy atom. The standard InChI is InChI=1S/C18H21N5O7/c1-29-15-8(2-3-9(25)12(15)26)4-19-16-11-17(21-6-20-16)23(7-22-11)18-14(28)13(27)10(5-24)30-18/h2-3,6-7,10,13-14,18,24-28H,4-5H2,1H3,(H,19,20,21)/t10-,13-,14-,18?/m1/s1. The second-order valence-electron chi connectivity index (χ2n) is 6.75. The van der Waals surface area contributed by atoms with Crippen LogP contribution in [0.4, 0.5) is 5.82 Å². The van der Waals surface area contributed by atoms with Crippen molar-refractivity contribution in [3.63, 3.8) is 0 Å². The van der Waals surface area contributed by atoms with Gasteiger partial charge in [-0.15, -0.1) is 0 Å². The van der Waals surface area contributed by atoms with Crippen LogP contribution < -0.4 is 10.1 Å². The van der Waals surface area contributed by atoms with Crippen molar-refractivity contribution in [3.8, 4) is 17.2 Å². The predicted molar refractivity (Wildman–Crippen MR) is 102 cm³/mol. The van der Waals surface area contributed by atoms with Crippen molar-refractivity contribution in [3.05, 3.63) is 30.4 Å². The summed E-state index contributed by atoms with van der Waals surface area (Å²) in [4.78, 5) is 12.6. The molecule has 160 valence electrons. The number of benzene rings is 1. The zero-order chi connectivity index (χ0) is 21.4. The molecule has 3 heterocycles. The Hall–Kier alpha value is -3.19. The van der Waals surface area contributed by atoms with Crippen molar-refractivity contribution in [2.75, 3.05) is 19.0 Å². The molecular formula is C18H21N5O7. The number of nitrogens with zero attached hydrogens (tertiary/aromatic N) is 4. The van der Waals surface area contributed by atoms with Crippen molar-refractivity contribution >= 4 is 17.0 Å². The number of hydrogen-bond donors (Lipinski definition) is 6. The van der Waals surface area contributed by atoms with Gasteiger partial charge in [0.25, 0.3) is 0 Å². The summed E-state index contributed by atoms with van der Waals surface area (Å²) < 4.78 is 12.1. The van der Waals surface area contributed by atoms with Crippen molar-refractivity contribution < 1.29 is 35.0 Å². The molecule has 12 heteroatoms. The highest BCUT2D eigenvalue weighted by molar-refractivity contribution is 5.82. The number of ether oxygens (including phenoxy) is 2. The summed E-state index contributed by atoms with van der Waals surface area (Å²) in [5.74, 6) is -0.152. The molecule has 4 rings (SSSR count). The second-order valence-corrected chi connectivity index (χ2v) is 6.75. The molecule has 1 aromatic carbocycles. The average molecular weight is 419 g/mol. The van der Waals surface area contributed by atoms with Crippen molar-refractivity contribution in [1.29, 1.82) is 0 Å². The van der Waals surface area contributed by atoms with E-state index in [-0.39, 0.29) is 23.8 Å². The number of aliphatic hydroxyl groups is 3. The van der Waals surface area contributed by atoms with Crippen molar-refractivity contribution in [1.82, 2.24) is 19.5 Å². The predicted octanol–water partition coefficient (Wildman–Crippen LogP) is -0.530. The van der Waals surface area contributed by atoms with Crippen LogP contribution >= 0.6 is 0 Å². The number of fused-ring (bicyclic) bond motifs is 1. The summed E-state index contributed by atoms with van der Waals surface area (Å²) >= 11 is 0. The fourth-order valence-electron chi connectivity index (χ4n) is 3.43. The van der Waals surface area contributed by atoms with Gasteiger partial charge in [-0.25, -0.2) is 15.0 Å². The number of aliphatic hydroxyl groups excluding tert-OH is 3. The monoisotopic (exact) mass is 419 g/mol. The molecule has 1 fully saturated rings. The average Bonchev–Trinajstić information content (AvgIpc) is 3.30. The largest absolute Gasteiger partial charge is 0.504 e. The second kappa shape index (κ2) is 7.91. The lowest BCUT2D eigenvalue weighted by Crippen LogP contribution is -2.33. The third-order valence-corrected chi connectivity index (χ3v) is 4.99. The Labute approximate surface area is 170 Å². The van der Waals surface area contributed by atoms with Crippen molar-refractivity contribution in [2.24, 2.45) is 0 Å². The Morgan fingerprint density at radius 3 is 2.67 bits per heavy atom. The summed E-state index contributed by atoms with van der Waals surface area (Å²) in [6.07, 6.45) is -1.70. The third-order valence-electron chi connectivity index (χ3n) is 4.99. The van der Waals surface area contributed by atoms with E-state index >= 15 is 0 Å². The molecule has 30 heavy (non-hydrogen) atoms. The zero-order valence-corrected chi connectivity index (χ0v) is 15.9. The maximum Gasteiger partial charge on any atom is 0.200 e. The number of hydrogen-bond acceptors (Lipinski definition) is 11. The van der Waals surface area contributed by atoms with Crippen LogP contribution in [0.15, 0.2) is 24.8 Å². The molecule has 1 aliphatic rings. The van der Waals surface area contributed by atoms with E-state index < -0.39 is 31.1 Å². The van der Waals surface area contributed by atoms with Gasteiger partial charge in [-0.3, -0.25) is 4.57 Å². The molecule has 0 saturated carbocycles.